The van der Waals surface area contributed by atoms with E-state index in [0.29, 0.717) is 6.04 Å². The molecule has 2 heterocycles. The number of nitrogens with one attached hydrogen (secondary N) is 2. The van der Waals surface area contributed by atoms with Crippen LogP contribution in [0, 0.1) is 0 Å². The van der Waals surface area contributed by atoms with Crippen molar-refractivity contribution in [3.05, 3.63) is 53.9 Å². The average molecular weight is 496 g/mol. The van der Waals surface area contributed by atoms with Gasteiger partial charge in [0.05, 0.1) is 6.20 Å². The molecule has 1 saturated heterocycles. The summed E-state index contributed by atoms with van der Waals surface area (Å²) in [7, 11) is 3.80. The van der Waals surface area contributed by atoms with Gasteiger partial charge in [0, 0.05) is 46.0 Å². The van der Waals surface area contributed by atoms with Gasteiger partial charge in [-0.25, -0.2) is 0 Å². The predicted molar refractivity (Wildman–Crippen MR) is 126 cm³/mol. The van der Waals surface area contributed by atoms with Crippen LogP contribution in [-0.2, 0) is 20.0 Å². The molecule has 1 aliphatic rings. The summed E-state index contributed by atoms with van der Waals surface area (Å²) < 4.78 is 1.85. The highest BCUT2D eigenvalue weighted by molar-refractivity contribution is 14.0. The largest absolute Gasteiger partial charge is 0.356 e. The van der Waals surface area contributed by atoms with Crippen molar-refractivity contribution in [2.24, 2.45) is 12.0 Å². The summed E-state index contributed by atoms with van der Waals surface area (Å²) in [6.07, 6.45) is 8.64. The van der Waals surface area contributed by atoms with Crippen molar-refractivity contribution in [2.45, 2.75) is 38.3 Å². The molecule has 154 valence electrons. The monoisotopic (exact) mass is 496 g/mol. The molecule has 1 atom stereocenters. The van der Waals surface area contributed by atoms with E-state index >= 15 is 0 Å². The zero-order chi connectivity index (χ0) is 18.9. The maximum absolute atomic E-state index is 4.37. The van der Waals surface area contributed by atoms with Crippen LogP contribution >= 0.6 is 24.0 Å². The minimum atomic E-state index is 0. The number of halogens is 1. The van der Waals surface area contributed by atoms with Gasteiger partial charge < -0.3 is 10.6 Å². The summed E-state index contributed by atoms with van der Waals surface area (Å²) in [5.74, 6) is 0.896. The number of hydrogen-bond acceptors (Lipinski definition) is 3. The molecule has 28 heavy (non-hydrogen) atoms. The van der Waals surface area contributed by atoms with Crippen LogP contribution in [-0.4, -0.2) is 53.4 Å². The average Bonchev–Trinajstić information content (AvgIpc) is 3.31. The van der Waals surface area contributed by atoms with E-state index in [1.54, 1.807) is 0 Å². The Morgan fingerprint density at radius 3 is 2.75 bits per heavy atom. The summed E-state index contributed by atoms with van der Waals surface area (Å²) in [6, 6.07) is 11.3. The number of aliphatic imine (C=N–C) groups is 1. The lowest BCUT2D eigenvalue weighted by Crippen LogP contribution is -2.44. The van der Waals surface area contributed by atoms with Crippen molar-refractivity contribution in [1.82, 2.24) is 25.3 Å². The lowest BCUT2D eigenvalue weighted by atomic mass is 10.2. The molecule has 7 heteroatoms. The summed E-state index contributed by atoms with van der Waals surface area (Å²) in [4.78, 5) is 6.95. The molecule has 2 aromatic rings. The van der Waals surface area contributed by atoms with E-state index in [1.165, 1.54) is 30.5 Å². The van der Waals surface area contributed by atoms with Gasteiger partial charge in [-0.1, -0.05) is 30.3 Å². The highest BCUT2D eigenvalue weighted by Crippen LogP contribution is 2.19. The fourth-order valence-electron chi connectivity index (χ4n) is 3.69. The van der Waals surface area contributed by atoms with Crippen molar-refractivity contribution in [1.29, 1.82) is 0 Å². The molecule has 0 amide bonds. The van der Waals surface area contributed by atoms with E-state index in [0.717, 1.165) is 38.4 Å². The number of hydrogen-bond donors (Lipinski definition) is 2. The van der Waals surface area contributed by atoms with E-state index in [2.05, 4.69) is 62.2 Å². The Bertz CT molecular complexity index is 715. The maximum Gasteiger partial charge on any atom is 0.191 e. The Morgan fingerprint density at radius 2 is 2.04 bits per heavy atom. The van der Waals surface area contributed by atoms with E-state index in [-0.39, 0.29) is 24.0 Å². The van der Waals surface area contributed by atoms with Gasteiger partial charge in [0.25, 0.3) is 0 Å². The molecule has 3 rings (SSSR count). The zero-order valence-electron chi connectivity index (χ0n) is 17.0. The third-order valence-electron chi connectivity index (χ3n) is 5.15. The molecule has 1 aromatic carbocycles. The Balaban J connectivity index is 0.00000280. The van der Waals surface area contributed by atoms with E-state index in [1.807, 2.05) is 25.0 Å². The number of rotatable bonds is 8. The van der Waals surface area contributed by atoms with Crippen LogP contribution in [0.1, 0.15) is 30.4 Å². The van der Waals surface area contributed by atoms with Crippen molar-refractivity contribution in [2.75, 3.05) is 26.7 Å². The van der Waals surface area contributed by atoms with Gasteiger partial charge in [-0.3, -0.25) is 14.6 Å². The lowest BCUT2D eigenvalue weighted by Gasteiger charge is -2.25. The van der Waals surface area contributed by atoms with Gasteiger partial charge in [-0.15, -0.1) is 24.0 Å². The molecule has 0 bridgehead atoms. The lowest BCUT2D eigenvalue weighted by molar-refractivity contribution is 0.245. The van der Waals surface area contributed by atoms with Crippen molar-refractivity contribution in [3.63, 3.8) is 0 Å². The van der Waals surface area contributed by atoms with Gasteiger partial charge in [-0.05, 0) is 43.4 Å². The Hall–Kier alpha value is -1.61. The molecule has 1 aromatic heterocycles. The van der Waals surface area contributed by atoms with Crippen LogP contribution in [0.3, 0.4) is 0 Å². The van der Waals surface area contributed by atoms with Crippen LogP contribution in [0.15, 0.2) is 47.7 Å². The topological polar surface area (TPSA) is 57.5 Å². The molecule has 2 N–H and O–H groups in total. The summed E-state index contributed by atoms with van der Waals surface area (Å²) in [5.41, 5.74) is 2.67. The second-order valence-corrected chi connectivity index (χ2v) is 7.26. The molecule has 1 aliphatic heterocycles. The van der Waals surface area contributed by atoms with Gasteiger partial charge in [-0.2, -0.15) is 5.10 Å². The first-order chi connectivity index (χ1) is 13.2. The number of benzene rings is 1. The zero-order valence-corrected chi connectivity index (χ0v) is 19.3. The van der Waals surface area contributed by atoms with E-state index in [4.69, 9.17) is 0 Å². The summed E-state index contributed by atoms with van der Waals surface area (Å²) in [5, 5.41) is 11.2. The Morgan fingerprint density at radius 1 is 1.21 bits per heavy atom. The molecular weight excluding hydrogens is 463 g/mol. The van der Waals surface area contributed by atoms with Crippen LogP contribution < -0.4 is 10.6 Å². The number of aromatic nitrogens is 2. The number of aryl methyl sites for hydroxylation is 2. The SMILES string of the molecule is CN=C(NCCCc1cnn(C)c1)NCC1CCCN1Cc1ccccc1.I. The molecule has 0 spiro atoms. The first kappa shape index (κ1) is 22.7. The molecule has 1 fully saturated rings. The highest BCUT2D eigenvalue weighted by atomic mass is 127. The molecule has 0 saturated carbocycles. The smallest absolute Gasteiger partial charge is 0.191 e. The first-order valence-electron chi connectivity index (χ1n) is 9.94. The number of likely N-dealkylation sites (tertiary alicyclic amines) is 1. The second kappa shape index (κ2) is 12.1. The van der Waals surface area contributed by atoms with Gasteiger partial charge >= 0.3 is 0 Å². The first-order valence-corrected chi connectivity index (χ1v) is 9.94. The van der Waals surface area contributed by atoms with Crippen molar-refractivity contribution < 1.29 is 0 Å². The van der Waals surface area contributed by atoms with Crippen LogP contribution in [0.4, 0.5) is 0 Å². The molecule has 0 radical (unpaired) electrons. The predicted octanol–water partition coefficient (Wildman–Crippen LogP) is 2.80. The number of nitrogens with zero attached hydrogens (tertiary/aromatic N) is 4. The van der Waals surface area contributed by atoms with Crippen LogP contribution in [0.25, 0.3) is 0 Å². The van der Waals surface area contributed by atoms with Crippen molar-refractivity contribution in [3.8, 4) is 0 Å². The minimum Gasteiger partial charge on any atom is -0.356 e. The highest BCUT2D eigenvalue weighted by Gasteiger charge is 2.24. The fraction of sp³-hybridized carbons (Fsp3) is 0.524. The Labute approximate surface area is 185 Å². The molecule has 0 aliphatic carbocycles. The van der Waals surface area contributed by atoms with Crippen LogP contribution in [0.2, 0.25) is 0 Å². The molecule has 1 unspecified atom stereocenters. The quantitative estimate of drug-likeness (QED) is 0.256. The number of guanidine groups is 1. The Kier molecular flexibility index (Phi) is 9.77. The van der Waals surface area contributed by atoms with Gasteiger partial charge in [0.2, 0.25) is 0 Å². The van der Waals surface area contributed by atoms with Crippen LogP contribution in [0.5, 0.6) is 0 Å². The molecule has 6 nitrogen and oxygen atoms in total. The van der Waals surface area contributed by atoms with E-state index < -0.39 is 0 Å². The van der Waals surface area contributed by atoms with Gasteiger partial charge in [0.15, 0.2) is 5.96 Å². The van der Waals surface area contributed by atoms with Crippen molar-refractivity contribution >= 4 is 29.9 Å². The summed E-state index contributed by atoms with van der Waals surface area (Å²) >= 11 is 0. The maximum atomic E-state index is 4.37. The standard InChI is InChI=1S/C21H32N6.HI/c1-22-21(23-12-6-10-19-14-25-26(2)16-19)24-15-20-11-7-13-27(20)17-18-8-4-3-5-9-18;/h3-5,8-9,14,16,20H,6-7,10-13,15,17H2,1-2H3,(H2,22,23,24);1H. The summed E-state index contributed by atoms with van der Waals surface area (Å²) in [6.45, 7) is 4.06. The van der Waals surface area contributed by atoms with Gasteiger partial charge in [0.1, 0.15) is 0 Å². The van der Waals surface area contributed by atoms with E-state index in [9.17, 15) is 0 Å². The normalized spacial score (nSPS) is 17.4. The molecular formula is C21H33IN6. The third kappa shape index (κ3) is 7.09. The fourth-order valence-corrected chi connectivity index (χ4v) is 3.69. The third-order valence-corrected chi connectivity index (χ3v) is 5.15. The second-order valence-electron chi connectivity index (χ2n) is 7.26. The minimum absolute atomic E-state index is 0.